The van der Waals surface area contributed by atoms with Gasteiger partial charge in [-0.3, -0.25) is 0 Å². The van der Waals surface area contributed by atoms with Crippen molar-refractivity contribution in [1.29, 1.82) is 0 Å². The van der Waals surface area contributed by atoms with Gasteiger partial charge < -0.3 is 10.1 Å². The number of benzene rings is 1. The van der Waals surface area contributed by atoms with Crippen LogP contribution in [0.5, 0.6) is 5.75 Å². The van der Waals surface area contributed by atoms with E-state index in [2.05, 4.69) is 52.2 Å². The first kappa shape index (κ1) is 16.4. The molecule has 0 bridgehead atoms. The van der Waals surface area contributed by atoms with Crippen LogP contribution in [0.1, 0.15) is 62.3 Å². The summed E-state index contributed by atoms with van der Waals surface area (Å²) in [6.45, 7) is 9.17. The molecule has 2 rings (SSSR count). The Kier molecular flexibility index (Phi) is 4.98. The number of methoxy groups -OCH3 is 1. The number of aryl methyl sites for hydroxylation is 1. The Labute approximate surface area is 130 Å². The molecule has 1 saturated carbocycles. The standard InChI is InChI=1S/C19H31NO/c1-13-10-11-15(18(21-6)14(13)2)17(20-5)16-9-7-8-12-19(16,3)4/h10-11,16-17,20H,7-9,12H2,1-6H3. The molecule has 1 aromatic rings. The van der Waals surface area contributed by atoms with Crippen molar-refractivity contribution in [3.8, 4) is 5.75 Å². The van der Waals surface area contributed by atoms with Gasteiger partial charge >= 0.3 is 0 Å². The van der Waals surface area contributed by atoms with Gasteiger partial charge in [0.2, 0.25) is 0 Å². The molecule has 118 valence electrons. The van der Waals surface area contributed by atoms with E-state index in [0.29, 0.717) is 17.4 Å². The Morgan fingerprint density at radius 2 is 1.95 bits per heavy atom. The average molecular weight is 289 g/mol. The van der Waals surface area contributed by atoms with Crippen molar-refractivity contribution in [2.75, 3.05) is 14.2 Å². The van der Waals surface area contributed by atoms with Crippen LogP contribution in [-0.2, 0) is 0 Å². The van der Waals surface area contributed by atoms with Gasteiger partial charge in [-0.15, -0.1) is 0 Å². The molecule has 0 amide bonds. The lowest BCUT2D eigenvalue weighted by atomic mass is 9.64. The third-order valence-corrected chi connectivity index (χ3v) is 5.55. The van der Waals surface area contributed by atoms with Crippen LogP contribution in [0.2, 0.25) is 0 Å². The maximum atomic E-state index is 5.76. The molecule has 1 fully saturated rings. The molecule has 0 radical (unpaired) electrons. The predicted octanol–water partition coefficient (Wildman–Crippen LogP) is 4.79. The SMILES string of the molecule is CNC(c1ccc(C)c(C)c1OC)C1CCCCC1(C)C. The topological polar surface area (TPSA) is 21.3 Å². The molecule has 1 aliphatic rings. The Morgan fingerprint density at radius 1 is 1.24 bits per heavy atom. The predicted molar refractivity (Wildman–Crippen MR) is 90.0 cm³/mol. The molecule has 0 aromatic heterocycles. The van der Waals surface area contributed by atoms with E-state index < -0.39 is 0 Å². The minimum Gasteiger partial charge on any atom is -0.496 e. The molecular weight excluding hydrogens is 258 g/mol. The summed E-state index contributed by atoms with van der Waals surface area (Å²) < 4.78 is 5.76. The fourth-order valence-electron chi connectivity index (χ4n) is 4.04. The van der Waals surface area contributed by atoms with Gasteiger partial charge in [-0.25, -0.2) is 0 Å². The molecule has 1 aliphatic carbocycles. The zero-order valence-corrected chi connectivity index (χ0v) is 14.5. The molecule has 2 unspecified atom stereocenters. The largest absolute Gasteiger partial charge is 0.496 e. The summed E-state index contributed by atoms with van der Waals surface area (Å²) in [5.41, 5.74) is 4.27. The van der Waals surface area contributed by atoms with Crippen LogP contribution >= 0.6 is 0 Å². The monoisotopic (exact) mass is 289 g/mol. The van der Waals surface area contributed by atoms with E-state index in [9.17, 15) is 0 Å². The molecule has 0 spiro atoms. The Hall–Kier alpha value is -1.02. The maximum Gasteiger partial charge on any atom is 0.126 e. The van der Waals surface area contributed by atoms with E-state index >= 15 is 0 Å². The summed E-state index contributed by atoms with van der Waals surface area (Å²) >= 11 is 0. The van der Waals surface area contributed by atoms with E-state index in [-0.39, 0.29) is 0 Å². The van der Waals surface area contributed by atoms with Gasteiger partial charge in [0.15, 0.2) is 0 Å². The fourth-order valence-corrected chi connectivity index (χ4v) is 4.04. The highest BCUT2D eigenvalue weighted by Crippen LogP contribution is 2.48. The highest BCUT2D eigenvalue weighted by molar-refractivity contribution is 5.47. The van der Waals surface area contributed by atoms with Crippen LogP contribution in [0.4, 0.5) is 0 Å². The van der Waals surface area contributed by atoms with Gasteiger partial charge in [-0.2, -0.15) is 0 Å². The molecule has 21 heavy (non-hydrogen) atoms. The first-order chi connectivity index (χ1) is 9.92. The van der Waals surface area contributed by atoms with Crippen molar-refractivity contribution in [2.45, 2.75) is 59.4 Å². The third-order valence-electron chi connectivity index (χ3n) is 5.55. The molecular formula is C19H31NO. The molecule has 1 N–H and O–H groups in total. The summed E-state index contributed by atoms with van der Waals surface area (Å²) in [4.78, 5) is 0. The Bertz CT molecular complexity index is 493. The van der Waals surface area contributed by atoms with E-state index in [1.165, 1.54) is 42.4 Å². The van der Waals surface area contributed by atoms with Crippen molar-refractivity contribution in [2.24, 2.45) is 11.3 Å². The van der Waals surface area contributed by atoms with Crippen molar-refractivity contribution in [1.82, 2.24) is 5.32 Å². The van der Waals surface area contributed by atoms with E-state index in [1.54, 1.807) is 7.11 Å². The average Bonchev–Trinajstić information content (AvgIpc) is 2.45. The van der Waals surface area contributed by atoms with Gasteiger partial charge in [-0.1, -0.05) is 38.8 Å². The molecule has 2 nitrogen and oxygen atoms in total. The number of rotatable bonds is 4. The Morgan fingerprint density at radius 3 is 2.52 bits per heavy atom. The highest BCUT2D eigenvalue weighted by atomic mass is 16.5. The lowest BCUT2D eigenvalue weighted by Crippen LogP contribution is -2.38. The van der Waals surface area contributed by atoms with Gasteiger partial charge in [0.05, 0.1) is 7.11 Å². The second-order valence-corrected chi connectivity index (χ2v) is 7.24. The summed E-state index contributed by atoms with van der Waals surface area (Å²) in [7, 11) is 3.88. The van der Waals surface area contributed by atoms with Crippen LogP contribution in [0.25, 0.3) is 0 Å². The highest BCUT2D eigenvalue weighted by Gasteiger charge is 2.38. The second kappa shape index (κ2) is 6.39. The van der Waals surface area contributed by atoms with Crippen molar-refractivity contribution < 1.29 is 4.74 Å². The lowest BCUT2D eigenvalue weighted by Gasteiger charge is -2.43. The lowest BCUT2D eigenvalue weighted by molar-refractivity contribution is 0.100. The first-order valence-electron chi connectivity index (χ1n) is 8.23. The molecule has 1 aromatic carbocycles. The smallest absolute Gasteiger partial charge is 0.126 e. The maximum absolute atomic E-state index is 5.76. The van der Waals surface area contributed by atoms with E-state index in [1.807, 2.05) is 0 Å². The van der Waals surface area contributed by atoms with Crippen LogP contribution in [0.3, 0.4) is 0 Å². The van der Waals surface area contributed by atoms with E-state index in [0.717, 1.165) is 5.75 Å². The third kappa shape index (κ3) is 3.11. The van der Waals surface area contributed by atoms with Crippen LogP contribution in [0, 0.1) is 25.2 Å². The second-order valence-electron chi connectivity index (χ2n) is 7.24. The van der Waals surface area contributed by atoms with Crippen molar-refractivity contribution in [3.05, 3.63) is 28.8 Å². The Balaban J connectivity index is 2.44. The molecule has 0 saturated heterocycles. The quantitative estimate of drug-likeness (QED) is 0.860. The summed E-state index contributed by atoms with van der Waals surface area (Å²) in [6.07, 6.45) is 5.33. The van der Waals surface area contributed by atoms with Gasteiger partial charge in [0.25, 0.3) is 0 Å². The first-order valence-corrected chi connectivity index (χ1v) is 8.23. The fraction of sp³-hybridized carbons (Fsp3) is 0.684. The summed E-state index contributed by atoms with van der Waals surface area (Å²) in [5.74, 6) is 1.72. The molecule has 2 atom stereocenters. The summed E-state index contributed by atoms with van der Waals surface area (Å²) in [6, 6.07) is 4.86. The number of hydrogen-bond donors (Lipinski definition) is 1. The molecule has 0 aliphatic heterocycles. The number of nitrogens with one attached hydrogen (secondary N) is 1. The van der Waals surface area contributed by atoms with Crippen LogP contribution < -0.4 is 10.1 Å². The van der Waals surface area contributed by atoms with Crippen LogP contribution in [0.15, 0.2) is 12.1 Å². The molecule has 2 heteroatoms. The van der Waals surface area contributed by atoms with Gasteiger partial charge in [0.1, 0.15) is 5.75 Å². The zero-order chi connectivity index (χ0) is 15.6. The van der Waals surface area contributed by atoms with E-state index in [4.69, 9.17) is 4.74 Å². The van der Waals surface area contributed by atoms with Crippen LogP contribution in [-0.4, -0.2) is 14.2 Å². The minimum atomic E-state index is 0.370. The number of ether oxygens (including phenoxy) is 1. The van der Waals surface area contributed by atoms with Gasteiger partial charge in [0, 0.05) is 11.6 Å². The normalized spacial score (nSPS) is 22.9. The minimum absolute atomic E-state index is 0.370. The van der Waals surface area contributed by atoms with Gasteiger partial charge in [-0.05, 0) is 56.2 Å². The molecule has 0 heterocycles. The number of hydrogen-bond acceptors (Lipinski definition) is 2. The summed E-state index contributed by atoms with van der Waals surface area (Å²) in [5, 5.41) is 3.59. The zero-order valence-electron chi connectivity index (χ0n) is 14.5. The van der Waals surface area contributed by atoms with Crippen molar-refractivity contribution in [3.63, 3.8) is 0 Å². The van der Waals surface area contributed by atoms with Crippen molar-refractivity contribution >= 4 is 0 Å².